The van der Waals surface area contributed by atoms with Gasteiger partial charge in [0.2, 0.25) is 0 Å². The van der Waals surface area contributed by atoms with Crippen molar-refractivity contribution in [2.75, 3.05) is 19.6 Å². The van der Waals surface area contributed by atoms with Crippen LogP contribution < -0.4 is 5.32 Å². The van der Waals surface area contributed by atoms with Crippen molar-refractivity contribution < 1.29 is 18.0 Å². The summed E-state index contributed by atoms with van der Waals surface area (Å²) in [6.07, 6.45) is -0.218. The molecule has 2 N–H and O–H groups in total. The zero-order chi connectivity index (χ0) is 21.1. The number of carbonyl (C=O) groups excluding carboxylic acids is 1. The number of fused-ring (bicyclic) bond motifs is 3. The topological polar surface area (TPSA) is 78.8 Å². The van der Waals surface area contributed by atoms with E-state index in [-0.39, 0.29) is 22.5 Å². The Morgan fingerprint density at radius 2 is 2.10 bits per heavy atom. The van der Waals surface area contributed by atoms with Crippen molar-refractivity contribution in [2.24, 2.45) is 0 Å². The Hall–Kier alpha value is -3.04. The van der Waals surface area contributed by atoms with E-state index in [0.29, 0.717) is 30.9 Å². The Morgan fingerprint density at radius 3 is 2.87 bits per heavy atom. The second-order valence-corrected chi connectivity index (χ2v) is 8.00. The van der Waals surface area contributed by atoms with Crippen LogP contribution in [-0.4, -0.2) is 50.3 Å². The second-order valence-electron chi connectivity index (χ2n) is 8.00. The van der Waals surface area contributed by atoms with Crippen molar-refractivity contribution in [2.45, 2.75) is 37.9 Å². The molecule has 0 saturated carbocycles. The minimum Gasteiger partial charge on any atom is -0.346 e. The molecule has 2 amide bonds. The standard InChI is InChI=1S/C20H21F3N6O/c1-2-24-18(30)28-5-3-19(11-28)4-6-29-16(19)8-15(27-29)12-7-13-14(20(21,22)23)10-26-17(13)25-9-12/h7-10H,2-6,11H2,1H3,(H,24,30)(H,25,26). The number of urea groups is 1. The van der Waals surface area contributed by atoms with E-state index in [1.807, 2.05) is 22.6 Å². The molecule has 1 fully saturated rings. The third kappa shape index (κ3) is 2.85. The van der Waals surface area contributed by atoms with Gasteiger partial charge in [-0.25, -0.2) is 9.78 Å². The van der Waals surface area contributed by atoms with E-state index in [0.717, 1.165) is 31.3 Å². The van der Waals surface area contributed by atoms with Crippen LogP contribution in [0.25, 0.3) is 22.3 Å². The zero-order valence-corrected chi connectivity index (χ0v) is 16.4. The highest BCUT2D eigenvalue weighted by molar-refractivity contribution is 5.84. The van der Waals surface area contributed by atoms with E-state index in [4.69, 9.17) is 0 Å². The lowest BCUT2D eigenvalue weighted by atomic mass is 9.82. The van der Waals surface area contributed by atoms with E-state index in [1.165, 1.54) is 6.07 Å². The summed E-state index contributed by atoms with van der Waals surface area (Å²) >= 11 is 0. The van der Waals surface area contributed by atoms with Crippen molar-refractivity contribution in [1.29, 1.82) is 0 Å². The summed E-state index contributed by atoms with van der Waals surface area (Å²) in [6, 6.07) is 3.37. The number of halogens is 3. The summed E-state index contributed by atoms with van der Waals surface area (Å²) in [5.74, 6) is 0. The molecule has 2 aliphatic rings. The molecule has 2 aliphatic heterocycles. The van der Waals surface area contributed by atoms with Crippen LogP contribution in [0.2, 0.25) is 0 Å². The van der Waals surface area contributed by atoms with Crippen molar-refractivity contribution >= 4 is 17.1 Å². The maximum absolute atomic E-state index is 13.3. The van der Waals surface area contributed by atoms with Gasteiger partial charge in [-0.05, 0) is 31.9 Å². The highest BCUT2D eigenvalue weighted by atomic mass is 19.4. The Morgan fingerprint density at radius 1 is 1.30 bits per heavy atom. The van der Waals surface area contributed by atoms with Crippen LogP contribution in [-0.2, 0) is 18.1 Å². The third-order valence-corrected chi connectivity index (χ3v) is 6.23. The molecule has 5 rings (SSSR count). The molecule has 5 heterocycles. The molecule has 0 aliphatic carbocycles. The first-order valence-corrected chi connectivity index (χ1v) is 9.96. The minimum absolute atomic E-state index is 0.0335. The van der Waals surface area contributed by atoms with Crippen molar-refractivity contribution in [1.82, 2.24) is 30.0 Å². The Kier molecular flexibility index (Phi) is 4.09. The van der Waals surface area contributed by atoms with E-state index in [9.17, 15) is 18.0 Å². The number of nitrogens with one attached hydrogen (secondary N) is 2. The number of amides is 2. The molecule has 7 nitrogen and oxygen atoms in total. The fourth-order valence-corrected chi connectivity index (χ4v) is 4.70. The molecule has 3 aromatic rings. The van der Waals surface area contributed by atoms with Gasteiger partial charge < -0.3 is 15.2 Å². The number of rotatable bonds is 2. The molecule has 1 atom stereocenters. The smallest absolute Gasteiger partial charge is 0.346 e. The van der Waals surface area contributed by atoms with Gasteiger partial charge >= 0.3 is 12.2 Å². The van der Waals surface area contributed by atoms with Crippen LogP contribution in [0.15, 0.2) is 24.5 Å². The van der Waals surface area contributed by atoms with E-state index < -0.39 is 11.7 Å². The number of likely N-dealkylation sites (tertiary alicyclic amines) is 1. The number of aryl methyl sites for hydroxylation is 1. The SMILES string of the molecule is CCNC(=O)N1CCC2(CCn3nc(-c4cnc5[nH]cc(C(F)(F)F)c5c4)cc32)C1. The van der Waals surface area contributed by atoms with Gasteiger partial charge in [0, 0.05) is 60.6 Å². The van der Waals surface area contributed by atoms with E-state index >= 15 is 0 Å². The normalized spacial score (nSPS) is 21.0. The largest absolute Gasteiger partial charge is 0.418 e. The van der Waals surface area contributed by atoms with Gasteiger partial charge in [-0.15, -0.1) is 0 Å². The number of alkyl halides is 3. The quantitative estimate of drug-likeness (QED) is 0.668. The zero-order valence-electron chi connectivity index (χ0n) is 16.4. The van der Waals surface area contributed by atoms with Gasteiger partial charge in [0.05, 0.1) is 11.3 Å². The molecular weight excluding hydrogens is 397 g/mol. The molecule has 1 spiro atoms. The van der Waals surface area contributed by atoms with Gasteiger partial charge in [-0.1, -0.05) is 0 Å². The first kappa shape index (κ1) is 19.0. The fourth-order valence-electron chi connectivity index (χ4n) is 4.70. The number of hydrogen-bond acceptors (Lipinski definition) is 3. The van der Waals surface area contributed by atoms with Crippen LogP contribution in [0.1, 0.15) is 31.0 Å². The molecule has 1 unspecified atom stereocenters. The second kappa shape index (κ2) is 6.48. The first-order chi connectivity index (χ1) is 14.3. The molecule has 10 heteroatoms. The average molecular weight is 418 g/mol. The van der Waals surface area contributed by atoms with Gasteiger partial charge in [-0.2, -0.15) is 18.3 Å². The molecular formula is C20H21F3N6O. The lowest BCUT2D eigenvalue weighted by Crippen LogP contribution is -2.40. The van der Waals surface area contributed by atoms with Crippen molar-refractivity contribution in [3.05, 3.63) is 35.8 Å². The monoisotopic (exact) mass is 418 g/mol. The molecule has 3 aromatic heterocycles. The molecule has 0 bridgehead atoms. The summed E-state index contributed by atoms with van der Waals surface area (Å²) in [5.41, 5.74) is 1.49. The summed E-state index contributed by atoms with van der Waals surface area (Å²) in [6.45, 7) is 4.50. The highest BCUT2D eigenvalue weighted by Crippen LogP contribution is 2.44. The van der Waals surface area contributed by atoms with Gasteiger partial charge in [0.1, 0.15) is 5.65 Å². The predicted molar refractivity (Wildman–Crippen MR) is 104 cm³/mol. The molecule has 158 valence electrons. The molecule has 30 heavy (non-hydrogen) atoms. The lowest BCUT2D eigenvalue weighted by Gasteiger charge is -2.23. The van der Waals surface area contributed by atoms with Crippen LogP contribution >= 0.6 is 0 Å². The average Bonchev–Trinajstić information content (AvgIpc) is 3.45. The van der Waals surface area contributed by atoms with Gasteiger partial charge in [-0.3, -0.25) is 4.68 Å². The summed E-state index contributed by atoms with van der Waals surface area (Å²) < 4.78 is 41.7. The van der Waals surface area contributed by atoms with Gasteiger partial charge in [0.15, 0.2) is 0 Å². The van der Waals surface area contributed by atoms with Gasteiger partial charge in [0.25, 0.3) is 0 Å². The number of aromatic nitrogens is 4. The first-order valence-electron chi connectivity index (χ1n) is 9.96. The Balaban J connectivity index is 1.48. The maximum atomic E-state index is 13.3. The summed E-state index contributed by atoms with van der Waals surface area (Å²) in [5, 5.41) is 7.51. The van der Waals surface area contributed by atoms with E-state index in [2.05, 4.69) is 20.4 Å². The molecule has 0 radical (unpaired) electrons. The predicted octanol–water partition coefficient (Wildman–Crippen LogP) is 3.52. The van der Waals surface area contributed by atoms with Crippen molar-refractivity contribution in [3.63, 3.8) is 0 Å². The number of aromatic amines is 1. The highest BCUT2D eigenvalue weighted by Gasteiger charge is 2.47. The molecule has 1 saturated heterocycles. The number of H-pyrrole nitrogens is 1. The lowest BCUT2D eigenvalue weighted by molar-refractivity contribution is -0.136. The maximum Gasteiger partial charge on any atom is 0.418 e. The Bertz CT molecular complexity index is 1130. The summed E-state index contributed by atoms with van der Waals surface area (Å²) in [4.78, 5) is 20.8. The third-order valence-electron chi connectivity index (χ3n) is 6.23. The number of pyridine rings is 1. The minimum atomic E-state index is -4.45. The van der Waals surface area contributed by atoms with Crippen LogP contribution in [0.5, 0.6) is 0 Å². The Labute approximate surface area is 170 Å². The number of carbonyl (C=O) groups is 1. The van der Waals surface area contributed by atoms with Crippen LogP contribution in [0.4, 0.5) is 18.0 Å². The van der Waals surface area contributed by atoms with Crippen molar-refractivity contribution in [3.8, 4) is 11.3 Å². The van der Waals surface area contributed by atoms with Crippen LogP contribution in [0.3, 0.4) is 0 Å². The van der Waals surface area contributed by atoms with E-state index in [1.54, 1.807) is 6.20 Å². The molecule has 0 aromatic carbocycles. The fraction of sp³-hybridized carbons (Fsp3) is 0.450. The number of hydrogen-bond donors (Lipinski definition) is 2. The number of nitrogens with zero attached hydrogens (tertiary/aromatic N) is 4. The summed E-state index contributed by atoms with van der Waals surface area (Å²) in [7, 11) is 0. The van der Waals surface area contributed by atoms with Crippen LogP contribution in [0, 0.1) is 0 Å².